The third kappa shape index (κ3) is 4.96. The van der Waals surface area contributed by atoms with Gasteiger partial charge in [0.2, 0.25) is 5.95 Å². The summed E-state index contributed by atoms with van der Waals surface area (Å²) in [7, 11) is 2.79. The fraction of sp³-hybridized carbons (Fsp3) is 0.333. The van der Waals surface area contributed by atoms with Crippen LogP contribution in [0.5, 0.6) is 5.75 Å². The first kappa shape index (κ1) is 25.4. The second kappa shape index (κ2) is 10.2. The van der Waals surface area contributed by atoms with Crippen LogP contribution in [0.3, 0.4) is 0 Å². The van der Waals surface area contributed by atoms with Gasteiger partial charge in [0, 0.05) is 24.3 Å². The van der Waals surface area contributed by atoms with Crippen molar-refractivity contribution >= 4 is 40.6 Å². The van der Waals surface area contributed by atoms with E-state index < -0.39 is 18.4 Å². The minimum absolute atomic E-state index is 0.140. The van der Waals surface area contributed by atoms with Gasteiger partial charge in [-0.05, 0) is 43.2 Å². The number of hydrogen-bond donors (Lipinski definition) is 2. The standard InChI is InChI=1S/C27H28F2N6O3/c1-34-21-15-30-26(33-23(21)35(19-10-6-7-11-19)16-27(28,29)25(34)37)32-20-13-12-17(14-22(20)38-2)24(36)31-18-8-4-3-5-9-18/h3-5,8-9,12-15,19H,6-7,10-11,16H2,1-2H3,(H,31,36)(H,30,32,33). The van der Waals surface area contributed by atoms with Crippen molar-refractivity contribution in [1.82, 2.24) is 9.97 Å². The molecule has 0 atom stereocenters. The van der Waals surface area contributed by atoms with Gasteiger partial charge < -0.3 is 25.2 Å². The van der Waals surface area contributed by atoms with Gasteiger partial charge in [-0.25, -0.2) is 4.98 Å². The van der Waals surface area contributed by atoms with Crippen LogP contribution in [0.4, 0.5) is 37.6 Å². The van der Waals surface area contributed by atoms with Crippen LogP contribution >= 0.6 is 0 Å². The normalized spacial score (nSPS) is 17.1. The number of nitrogens with zero attached hydrogens (tertiary/aromatic N) is 4. The molecular weight excluding hydrogens is 494 g/mol. The molecule has 0 radical (unpaired) electrons. The molecule has 0 bridgehead atoms. The van der Waals surface area contributed by atoms with Gasteiger partial charge in [-0.15, -0.1) is 0 Å². The molecule has 5 rings (SSSR count). The highest BCUT2D eigenvalue weighted by molar-refractivity contribution is 6.05. The summed E-state index contributed by atoms with van der Waals surface area (Å²) in [5.41, 5.74) is 1.76. The maximum absolute atomic E-state index is 14.8. The van der Waals surface area contributed by atoms with Crippen molar-refractivity contribution in [3.63, 3.8) is 0 Å². The number of fused-ring (bicyclic) bond motifs is 1. The van der Waals surface area contributed by atoms with E-state index in [9.17, 15) is 18.4 Å². The van der Waals surface area contributed by atoms with Crippen LogP contribution in [0.2, 0.25) is 0 Å². The van der Waals surface area contributed by atoms with Crippen molar-refractivity contribution in [3.05, 3.63) is 60.3 Å². The van der Waals surface area contributed by atoms with Crippen LogP contribution in [0.15, 0.2) is 54.7 Å². The molecule has 0 unspecified atom stereocenters. The van der Waals surface area contributed by atoms with Gasteiger partial charge in [-0.3, -0.25) is 9.59 Å². The second-order valence-corrected chi connectivity index (χ2v) is 9.40. The van der Waals surface area contributed by atoms with Gasteiger partial charge in [-0.2, -0.15) is 13.8 Å². The van der Waals surface area contributed by atoms with E-state index in [-0.39, 0.29) is 29.4 Å². The molecule has 1 fully saturated rings. The topological polar surface area (TPSA) is 99.7 Å². The summed E-state index contributed by atoms with van der Waals surface area (Å²) in [6.07, 6.45) is 4.74. The highest BCUT2D eigenvalue weighted by atomic mass is 19.3. The number of carbonyl (C=O) groups is 2. The summed E-state index contributed by atoms with van der Waals surface area (Å²) >= 11 is 0. The molecule has 3 aromatic rings. The molecule has 1 aromatic heterocycles. The van der Waals surface area contributed by atoms with Crippen LogP contribution in [-0.4, -0.2) is 54.4 Å². The van der Waals surface area contributed by atoms with Gasteiger partial charge in [0.05, 0.1) is 25.5 Å². The number of aromatic nitrogens is 2. The van der Waals surface area contributed by atoms with Crippen molar-refractivity contribution in [2.24, 2.45) is 0 Å². The minimum atomic E-state index is -3.55. The van der Waals surface area contributed by atoms with Crippen LogP contribution < -0.4 is 25.2 Å². The van der Waals surface area contributed by atoms with E-state index in [0.717, 1.165) is 30.6 Å². The molecule has 2 aromatic carbocycles. The van der Waals surface area contributed by atoms with Crippen molar-refractivity contribution in [3.8, 4) is 5.75 Å². The number of methoxy groups -OCH3 is 1. The fourth-order valence-corrected chi connectivity index (χ4v) is 4.88. The van der Waals surface area contributed by atoms with Gasteiger partial charge in [0.15, 0.2) is 5.82 Å². The monoisotopic (exact) mass is 522 g/mol. The summed E-state index contributed by atoms with van der Waals surface area (Å²) in [5, 5.41) is 5.90. The third-order valence-corrected chi connectivity index (χ3v) is 6.88. The number of amides is 2. The van der Waals surface area contributed by atoms with E-state index in [0.29, 0.717) is 22.7 Å². The lowest BCUT2D eigenvalue weighted by Crippen LogP contribution is -2.48. The lowest BCUT2D eigenvalue weighted by Gasteiger charge is -2.31. The largest absolute Gasteiger partial charge is 0.495 e. The number of anilines is 5. The molecule has 2 aliphatic rings. The van der Waals surface area contributed by atoms with Crippen LogP contribution in [0.25, 0.3) is 0 Å². The minimum Gasteiger partial charge on any atom is -0.495 e. The molecular formula is C27H28F2N6O3. The smallest absolute Gasteiger partial charge is 0.342 e. The average molecular weight is 523 g/mol. The number of nitrogens with one attached hydrogen (secondary N) is 2. The molecule has 2 heterocycles. The number of halogens is 2. The predicted octanol–water partition coefficient (Wildman–Crippen LogP) is 4.84. The summed E-state index contributed by atoms with van der Waals surface area (Å²) in [6.45, 7) is -0.737. The van der Waals surface area contributed by atoms with Gasteiger partial charge >= 0.3 is 5.92 Å². The Morgan fingerprint density at radius 2 is 1.87 bits per heavy atom. The predicted molar refractivity (Wildman–Crippen MR) is 141 cm³/mol. The lowest BCUT2D eigenvalue weighted by molar-refractivity contribution is -0.140. The number of ether oxygens (including phenoxy) is 1. The number of alkyl halides is 2. The zero-order valence-corrected chi connectivity index (χ0v) is 21.1. The van der Waals surface area contributed by atoms with Crippen molar-refractivity contribution < 1.29 is 23.1 Å². The zero-order valence-electron chi connectivity index (χ0n) is 21.1. The number of benzene rings is 2. The van der Waals surface area contributed by atoms with Crippen molar-refractivity contribution in [2.75, 3.05) is 41.1 Å². The quantitative estimate of drug-likeness (QED) is 0.478. The van der Waals surface area contributed by atoms with E-state index in [1.165, 1.54) is 20.4 Å². The first-order valence-electron chi connectivity index (χ1n) is 12.4. The van der Waals surface area contributed by atoms with Gasteiger partial charge in [-0.1, -0.05) is 31.0 Å². The highest BCUT2D eigenvalue weighted by Gasteiger charge is 2.48. The van der Waals surface area contributed by atoms with E-state index in [1.807, 2.05) is 18.2 Å². The Kier molecular flexibility index (Phi) is 6.83. The fourth-order valence-electron chi connectivity index (χ4n) is 4.88. The maximum Gasteiger partial charge on any atom is 0.342 e. The Labute approximate surface area is 218 Å². The Bertz CT molecular complexity index is 1350. The number of carbonyl (C=O) groups excluding carboxylic acids is 2. The van der Waals surface area contributed by atoms with Crippen LogP contribution in [0, 0.1) is 0 Å². The number of hydrogen-bond acceptors (Lipinski definition) is 7. The molecule has 2 N–H and O–H groups in total. The Morgan fingerprint density at radius 3 is 2.58 bits per heavy atom. The zero-order chi connectivity index (χ0) is 26.9. The van der Waals surface area contributed by atoms with Crippen molar-refractivity contribution in [2.45, 2.75) is 37.6 Å². The molecule has 11 heteroatoms. The SMILES string of the molecule is COc1cc(C(=O)Nc2ccccc2)ccc1Nc1ncc2c(n1)N(C1CCCC1)CC(F)(F)C(=O)N2C. The highest BCUT2D eigenvalue weighted by Crippen LogP contribution is 2.40. The van der Waals surface area contributed by atoms with E-state index in [4.69, 9.17) is 4.74 Å². The van der Waals surface area contributed by atoms with Crippen LogP contribution in [-0.2, 0) is 4.79 Å². The van der Waals surface area contributed by atoms with Gasteiger partial charge in [0.1, 0.15) is 11.4 Å². The second-order valence-electron chi connectivity index (χ2n) is 9.40. The first-order chi connectivity index (χ1) is 18.3. The lowest BCUT2D eigenvalue weighted by atomic mass is 10.1. The summed E-state index contributed by atoms with van der Waals surface area (Å²) in [5.74, 6) is -4.34. The average Bonchev–Trinajstić information content (AvgIpc) is 3.44. The molecule has 9 nitrogen and oxygen atoms in total. The summed E-state index contributed by atoms with van der Waals surface area (Å²) < 4.78 is 35.1. The number of rotatable bonds is 6. The third-order valence-electron chi connectivity index (χ3n) is 6.88. The molecule has 1 saturated carbocycles. The van der Waals surface area contributed by atoms with Gasteiger partial charge in [0.25, 0.3) is 11.8 Å². The Hall–Kier alpha value is -4.28. The molecule has 0 spiro atoms. The summed E-state index contributed by atoms with van der Waals surface area (Å²) in [6, 6.07) is 13.8. The molecule has 2 amide bonds. The van der Waals surface area contributed by atoms with E-state index in [1.54, 1.807) is 35.2 Å². The number of para-hydroxylation sites is 1. The van der Waals surface area contributed by atoms with E-state index in [2.05, 4.69) is 20.6 Å². The van der Waals surface area contributed by atoms with E-state index >= 15 is 0 Å². The van der Waals surface area contributed by atoms with Crippen molar-refractivity contribution in [1.29, 1.82) is 0 Å². The summed E-state index contributed by atoms with van der Waals surface area (Å²) in [4.78, 5) is 36.5. The van der Waals surface area contributed by atoms with Crippen LogP contribution in [0.1, 0.15) is 36.0 Å². The molecule has 38 heavy (non-hydrogen) atoms. The molecule has 1 aliphatic heterocycles. The Balaban J connectivity index is 1.44. The molecule has 1 aliphatic carbocycles. The maximum atomic E-state index is 14.8. The first-order valence-corrected chi connectivity index (χ1v) is 12.4. The molecule has 0 saturated heterocycles. The Morgan fingerprint density at radius 1 is 1.13 bits per heavy atom. The molecule has 198 valence electrons.